The van der Waals surface area contributed by atoms with Gasteiger partial charge in [-0.25, -0.2) is 4.68 Å². The molecule has 5 aromatic rings. The third-order valence-corrected chi connectivity index (χ3v) is 4.80. The van der Waals surface area contributed by atoms with E-state index < -0.39 is 0 Å². The average molecular weight is 369 g/mol. The van der Waals surface area contributed by atoms with Crippen LogP contribution in [0.2, 0.25) is 0 Å². The number of benzene rings is 3. The van der Waals surface area contributed by atoms with Crippen LogP contribution in [0, 0.1) is 4.77 Å². The lowest BCUT2D eigenvalue weighted by Gasteiger charge is -2.06. The van der Waals surface area contributed by atoms with Crippen molar-refractivity contribution in [3.63, 3.8) is 0 Å². The topological polar surface area (TPSA) is 40.1 Å². The van der Waals surface area contributed by atoms with Crippen LogP contribution in [0.25, 0.3) is 28.5 Å². The van der Waals surface area contributed by atoms with Gasteiger partial charge in [-0.3, -0.25) is 4.57 Å². The summed E-state index contributed by atoms with van der Waals surface area (Å²) in [7, 11) is 0. The van der Waals surface area contributed by atoms with Gasteiger partial charge in [0.2, 0.25) is 4.77 Å². The van der Waals surface area contributed by atoms with Gasteiger partial charge in [-0.15, -0.1) is 10.2 Å². The Balaban J connectivity index is 1.91. The van der Waals surface area contributed by atoms with Gasteiger partial charge in [0.05, 0.1) is 11.4 Å². The number of para-hydroxylation sites is 2. The van der Waals surface area contributed by atoms with Gasteiger partial charge in [-0.2, -0.15) is 4.52 Å². The predicted molar refractivity (Wildman–Crippen MR) is 108 cm³/mol. The SMILES string of the molecule is S=c1n(-c2ccccc2)c2nnc(-c3ccccc3)n2n1-c1ccccc1. The number of hydrogen-bond acceptors (Lipinski definition) is 3. The highest BCUT2D eigenvalue weighted by atomic mass is 32.1. The van der Waals surface area contributed by atoms with E-state index in [1.54, 1.807) is 0 Å². The van der Waals surface area contributed by atoms with Crippen LogP contribution in [0.5, 0.6) is 0 Å². The monoisotopic (exact) mass is 369 g/mol. The maximum absolute atomic E-state index is 5.86. The molecule has 27 heavy (non-hydrogen) atoms. The molecule has 0 saturated heterocycles. The second-order valence-electron chi connectivity index (χ2n) is 6.10. The first kappa shape index (κ1) is 15.7. The van der Waals surface area contributed by atoms with Gasteiger partial charge in [-0.1, -0.05) is 66.7 Å². The van der Waals surface area contributed by atoms with Crippen LogP contribution >= 0.6 is 12.2 Å². The molecule has 0 unspecified atom stereocenters. The first-order valence-corrected chi connectivity index (χ1v) is 9.01. The highest BCUT2D eigenvalue weighted by Gasteiger charge is 2.20. The minimum absolute atomic E-state index is 0.634. The molecule has 5 rings (SSSR count). The van der Waals surface area contributed by atoms with E-state index in [-0.39, 0.29) is 0 Å². The van der Waals surface area contributed by atoms with Gasteiger partial charge < -0.3 is 0 Å². The predicted octanol–water partition coefficient (Wildman–Crippen LogP) is 4.71. The molecule has 0 N–H and O–H groups in total. The number of hydrogen-bond donors (Lipinski definition) is 0. The maximum Gasteiger partial charge on any atom is 0.258 e. The highest BCUT2D eigenvalue weighted by Crippen LogP contribution is 2.24. The third kappa shape index (κ3) is 2.50. The molecule has 6 heteroatoms. The summed E-state index contributed by atoms with van der Waals surface area (Å²) < 4.78 is 6.52. The normalized spacial score (nSPS) is 11.1. The standard InChI is InChI=1S/C21H15N5S/c27-21-24(17-12-6-2-7-13-17)20-23-22-19(16-10-4-1-5-11-16)26(20)25(21)18-14-8-3-9-15-18/h1-15H. The van der Waals surface area contributed by atoms with Crippen molar-refractivity contribution in [2.45, 2.75) is 0 Å². The fraction of sp³-hybridized carbons (Fsp3) is 0. The first-order valence-electron chi connectivity index (χ1n) is 8.60. The lowest BCUT2D eigenvalue weighted by molar-refractivity contribution is 0.786. The summed E-state index contributed by atoms with van der Waals surface area (Å²) in [5.41, 5.74) is 2.89. The first-order chi connectivity index (χ1) is 13.3. The number of rotatable bonds is 3. The minimum atomic E-state index is 0.634. The minimum Gasteiger partial charge on any atom is -0.252 e. The van der Waals surface area contributed by atoms with Crippen molar-refractivity contribution in [3.05, 3.63) is 95.8 Å². The zero-order valence-corrected chi connectivity index (χ0v) is 15.1. The van der Waals surface area contributed by atoms with Gasteiger partial charge >= 0.3 is 0 Å². The number of fused-ring (bicyclic) bond motifs is 1. The van der Waals surface area contributed by atoms with Crippen LogP contribution in [0.4, 0.5) is 0 Å². The summed E-state index contributed by atoms with van der Waals surface area (Å²) in [6.07, 6.45) is 0. The van der Waals surface area contributed by atoms with Crippen LogP contribution in [-0.2, 0) is 0 Å². The highest BCUT2D eigenvalue weighted by molar-refractivity contribution is 7.71. The van der Waals surface area contributed by atoms with E-state index in [2.05, 4.69) is 10.2 Å². The fourth-order valence-electron chi connectivity index (χ4n) is 3.23. The molecule has 5 nitrogen and oxygen atoms in total. The van der Waals surface area contributed by atoms with Crippen molar-refractivity contribution >= 4 is 18.0 Å². The van der Waals surface area contributed by atoms with Crippen LogP contribution in [0.15, 0.2) is 91.0 Å². The lowest BCUT2D eigenvalue weighted by Crippen LogP contribution is -2.05. The molecular formula is C21H15N5S. The molecule has 0 aliphatic rings. The van der Waals surface area contributed by atoms with E-state index in [4.69, 9.17) is 12.2 Å². The van der Waals surface area contributed by atoms with Crippen LogP contribution in [0.1, 0.15) is 0 Å². The van der Waals surface area contributed by atoms with E-state index in [1.165, 1.54) is 0 Å². The zero-order valence-electron chi connectivity index (χ0n) is 14.3. The second-order valence-corrected chi connectivity index (χ2v) is 6.47. The summed E-state index contributed by atoms with van der Waals surface area (Å²) >= 11 is 5.86. The summed E-state index contributed by atoms with van der Waals surface area (Å²) in [5, 5.41) is 8.93. The van der Waals surface area contributed by atoms with Gasteiger partial charge in [0, 0.05) is 5.56 Å². The largest absolute Gasteiger partial charge is 0.258 e. The van der Waals surface area contributed by atoms with Crippen molar-refractivity contribution in [1.29, 1.82) is 0 Å². The van der Waals surface area contributed by atoms with Crippen molar-refractivity contribution in [2.24, 2.45) is 0 Å². The molecule has 0 aliphatic carbocycles. The molecular weight excluding hydrogens is 354 g/mol. The Morgan fingerprint density at radius 2 is 1.19 bits per heavy atom. The Morgan fingerprint density at radius 3 is 1.81 bits per heavy atom. The molecule has 0 aliphatic heterocycles. The van der Waals surface area contributed by atoms with Gasteiger partial charge in [0.25, 0.3) is 5.78 Å². The Hall–Kier alpha value is -3.51. The van der Waals surface area contributed by atoms with Crippen molar-refractivity contribution < 1.29 is 0 Å². The van der Waals surface area contributed by atoms with E-state index in [1.807, 2.05) is 105 Å². The molecule has 2 aromatic heterocycles. The van der Waals surface area contributed by atoms with Crippen molar-refractivity contribution in [2.75, 3.05) is 0 Å². The Kier molecular flexibility index (Phi) is 3.69. The molecule has 0 saturated carbocycles. The molecule has 0 bridgehead atoms. The molecule has 0 fully saturated rings. The molecule has 0 atom stereocenters. The molecule has 3 aromatic carbocycles. The average Bonchev–Trinajstić information content (AvgIpc) is 3.27. The number of aromatic nitrogens is 5. The third-order valence-electron chi connectivity index (χ3n) is 4.44. The van der Waals surface area contributed by atoms with E-state index in [0.29, 0.717) is 10.5 Å². The van der Waals surface area contributed by atoms with E-state index in [9.17, 15) is 0 Å². The quantitative estimate of drug-likeness (QED) is 0.433. The second kappa shape index (κ2) is 6.34. The molecule has 0 radical (unpaired) electrons. The summed E-state index contributed by atoms with van der Waals surface area (Å²) in [5.74, 6) is 1.42. The van der Waals surface area contributed by atoms with Gasteiger partial charge in [-0.05, 0) is 36.5 Å². The number of nitrogens with zero attached hydrogens (tertiary/aromatic N) is 5. The molecule has 0 spiro atoms. The summed E-state index contributed by atoms with van der Waals surface area (Å²) in [6.45, 7) is 0. The Labute approximate surface area is 160 Å². The van der Waals surface area contributed by atoms with Crippen LogP contribution in [0.3, 0.4) is 0 Å². The smallest absolute Gasteiger partial charge is 0.252 e. The fourth-order valence-corrected chi connectivity index (χ4v) is 3.60. The molecule has 2 heterocycles. The summed E-state index contributed by atoms with van der Waals surface area (Å²) in [4.78, 5) is 0. The molecule has 130 valence electrons. The lowest BCUT2D eigenvalue weighted by atomic mass is 10.2. The van der Waals surface area contributed by atoms with Crippen molar-refractivity contribution in [1.82, 2.24) is 24.0 Å². The van der Waals surface area contributed by atoms with Crippen LogP contribution < -0.4 is 0 Å². The summed E-state index contributed by atoms with van der Waals surface area (Å²) in [6, 6.07) is 30.0. The maximum atomic E-state index is 5.86. The zero-order chi connectivity index (χ0) is 18.2. The van der Waals surface area contributed by atoms with Gasteiger partial charge in [0.15, 0.2) is 5.82 Å². The Bertz CT molecular complexity index is 1270. The molecule has 0 amide bonds. The van der Waals surface area contributed by atoms with Crippen molar-refractivity contribution in [3.8, 4) is 22.8 Å². The van der Waals surface area contributed by atoms with E-state index >= 15 is 0 Å². The van der Waals surface area contributed by atoms with E-state index in [0.717, 1.165) is 22.8 Å². The van der Waals surface area contributed by atoms with Crippen LogP contribution in [-0.4, -0.2) is 24.0 Å². The van der Waals surface area contributed by atoms with Gasteiger partial charge in [0.1, 0.15) is 0 Å². The Morgan fingerprint density at radius 1 is 0.630 bits per heavy atom.